The number of benzene rings is 2. The summed E-state index contributed by atoms with van der Waals surface area (Å²) in [6, 6.07) is 15.0. The molecule has 0 amide bonds. The van der Waals surface area contributed by atoms with Crippen LogP contribution < -0.4 is 16.0 Å². The molecule has 2 heterocycles. The number of hydrogen-bond donors (Lipinski definition) is 2. The Hall–Kier alpha value is -3.01. The molecule has 0 aliphatic heterocycles. The molecule has 0 saturated carbocycles. The number of aliphatic hydroxyl groups is 1. The number of aliphatic hydroxyl groups excluding tert-OH is 1. The second-order valence-corrected chi connectivity index (χ2v) is 9.02. The second-order valence-electron chi connectivity index (χ2n) is 7.64. The van der Waals surface area contributed by atoms with Crippen molar-refractivity contribution in [3.8, 4) is 5.75 Å². The Labute approximate surface area is 198 Å². The first kappa shape index (κ1) is 23.2. The highest BCUT2D eigenvalue weighted by atomic mass is 35.5. The summed E-state index contributed by atoms with van der Waals surface area (Å²) >= 11 is 7.37. The maximum absolute atomic E-state index is 12.6. The Morgan fingerprint density at radius 3 is 2.64 bits per heavy atom. The summed E-state index contributed by atoms with van der Waals surface area (Å²) in [4.78, 5) is 31.6. The topological polar surface area (TPSA) is 102 Å². The van der Waals surface area contributed by atoms with Gasteiger partial charge in [0, 0.05) is 17.8 Å². The van der Waals surface area contributed by atoms with E-state index in [1.807, 2.05) is 55.5 Å². The maximum atomic E-state index is 12.6. The van der Waals surface area contributed by atoms with Gasteiger partial charge in [0.05, 0.1) is 6.54 Å². The minimum absolute atomic E-state index is 0.0372. The molecule has 172 valence electrons. The van der Waals surface area contributed by atoms with Crippen LogP contribution in [0.15, 0.2) is 63.3 Å². The maximum Gasteiger partial charge on any atom is 0.329 e. The van der Waals surface area contributed by atoms with E-state index in [0.29, 0.717) is 21.7 Å². The third-order valence-corrected chi connectivity index (χ3v) is 6.47. The first-order chi connectivity index (χ1) is 15.8. The van der Waals surface area contributed by atoms with Crippen LogP contribution in [-0.4, -0.2) is 36.9 Å². The fourth-order valence-electron chi connectivity index (χ4n) is 3.39. The average Bonchev–Trinajstić information content (AvgIpc) is 3.15. The van der Waals surface area contributed by atoms with Crippen LogP contribution in [0.1, 0.15) is 11.1 Å². The molecule has 0 fully saturated rings. The van der Waals surface area contributed by atoms with Crippen LogP contribution in [0, 0.1) is 6.92 Å². The number of imidazole rings is 1. The molecule has 0 aliphatic carbocycles. The number of aromatic amines is 1. The quantitative estimate of drug-likeness (QED) is 0.371. The zero-order valence-electron chi connectivity index (χ0n) is 18.1. The first-order valence-electron chi connectivity index (χ1n) is 10.3. The van der Waals surface area contributed by atoms with Crippen molar-refractivity contribution < 1.29 is 9.84 Å². The van der Waals surface area contributed by atoms with Crippen LogP contribution in [0.25, 0.3) is 11.2 Å². The molecule has 4 aromatic rings. The highest BCUT2D eigenvalue weighted by Gasteiger charge is 2.20. The van der Waals surface area contributed by atoms with Crippen molar-refractivity contribution in [2.45, 2.75) is 30.5 Å². The van der Waals surface area contributed by atoms with E-state index in [1.54, 1.807) is 11.6 Å². The number of rotatable bonds is 8. The Kier molecular flexibility index (Phi) is 6.92. The average molecular weight is 487 g/mol. The lowest BCUT2D eigenvalue weighted by molar-refractivity contribution is 0.0910. The fourth-order valence-corrected chi connectivity index (χ4v) is 4.48. The highest BCUT2D eigenvalue weighted by Crippen LogP contribution is 2.26. The van der Waals surface area contributed by atoms with Gasteiger partial charge in [-0.25, -0.2) is 9.78 Å². The van der Waals surface area contributed by atoms with E-state index >= 15 is 0 Å². The van der Waals surface area contributed by atoms with E-state index in [4.69, 9.17) is 16.3 Å². The van der Waals surface area contributed by atoms with E-state index in [1.165, 1.54) is 16.3 Å². The summed E-state index contributed by atoms with van der Waals surface area (Å²) in [5.74, 6) is 1.26. The van der Waals surface area contributed by atoms with Gasteiger partial charge < -0.3 is 14.4 Å². The molecule has 0 radical (unpaired) electrons. The molecule has 0 saturated heterocycles. The fraction of sp³-hybridized carbons (Fsp3) is 0.261. The van der Waals surface area contributed by atoms with Gasteiger partial charge >= 0.3 is 5.69 Å². The lowest BCUT2D eigenvalue weighted by Gasteiger charge is -2.16. The van der Waals surface area contributed by atoms with Gasteiger partial charge in [0.1, 0.15) is 18.5 Å². The number of halogens is 1. The molecule has 0 unspecified atom stereocenters. The number of thioether (sulfide) groups is 1. The van der Waals surface area contributed by atoms with Crippen LogP contribution in [0.5, 0.6) is 5.75 Å². The third-order valence-electron chi connectivity index (χ3n) is 5.17. The smallest absolute Gasteiger partial charge is 0.329 e. The van der Waals surface area contributed by atoms with E-state index in [2.05, 4.69) is 9.97 Å². The van der Waals surface area contributed by atoms with Crippen molar-refractivity contribution in [1.29, 1.82) is 0 Å². The third kappa shape index (κ3) is 5.16. The molecule has 4 rings (SSSR count). The van der Waals surface area contributed by atoms with Crippen molar-refractivity contribution >= 4 is 34.5 Å². The van der Waals surface area contributed by atoms with Crippen molar-refractivity contribution in [3.63, 3.8) is 0 Å². The predicted octanol–water partition coefficient (Wildman–Crippen LogP) is 3.12. The number of hydrogen-bond acceptors (Lipinski definition) is 6. The summed E-state index contributed by atoms with van der Waals surface area (Å²) in [5.41, 5.74) is 1.37. The number of aromatic nitrogens is 4. The van der Waals surface area contributed by atoms with Crippen LogP contribution in [-0.2, 0) is 19.3 Å². The number of H-pyrrole nitrogens is 1. The van der Waals surface area contributed by atoms with Gasteiger partial charge in [-0.05, 0) is 36.2 Å². The lowest BCUT2D eigenvalue weighted by atomic mass is 10.2. The SMILES string of the molecule is Cc1ccccc1OC[C@@H](O)Cn1c(SCc2ccc(Cl)cc2)nc2c1c(=O)[nH]c(=O)n2C. The summed E-state index contributed by atoms with van der Waals surface area (Å²) < 4.78 is 8.70. The number of aryl methyl sites for hydroxylation is 2. The van der Waals surface area contributed by atoms with Crippen molar-refractivity contribution in [2.75, 3.05) is 6.61 Å². The summed E-state index contributed by atoms with van der Waals surface area (Å²) in [7, 11) is 1.54. The van der Waals surface area contributed by atoms with Crippen LogP contribution in [0.2, 0.25) is 5.02 Å². The summed E-state index contributed by atoms with van der Waals surface area (Å²) in [5, 5.41) is 11.9. The molecule has 10 heteroatoms. The number of nitrogens with zero attached hydrogens (tertiary/aromatic N) is 3. The van der Waals surface area contributed by atoms with Gasteiger partial charge in [-0.2, -0.15) is 0 Å². The molecule has 0 spiro atoms. The molecule has 0 bridgehead atoms. The van der Waals surface area contributed by atoms with E-state index < -0.39 is 17.4 Å². The number of ether oxygens (including phenoxy) is 1. The second kappa shape index (κ2) is 9.86. The largest absolute Gasteiger partial charge is 0.491 e. The zero-order chi connectivity index (χ0) is 23.5. The van der Waals surface area contributed by atoms with Crippen LogP contribution >= 0.6 is 23.4 Å². The monoisotopic (exact) mass is 486 g/mol. The molecule has 2 aromatic carbocycles. The van der Waals surface area contributed by atoms with E-state index in [0.717, 1.165) is 11.1 Å². The van der Waals surface area contributed by atoms with Gasteiger partial charge in [-0.1, -0.05) is 53.7 Å². The predicted molar refractivity (Wildman–Crippen MR) is 129 cm³/mol. The van der Waals surface area contributed by atoms with E-state index in [9.17, 15) is 14.7 Å². The van der Waals surface area contributed by atoms with Crippen molar-refractivity contribution in [2.24, 2.45) is 7.05 Å². The van der Waals surface area contributed by atoms with Gasteiger partial charge in [0.25, 0.3) is 5.56 Å². The van der Waals surface area contributed by atoms with E-state index in [-0.39, 0.29) is 24.3 Å². The Balaban J connectivity index is 1.62. The van der Waals surface area contributed by atoms with Gasteiger partial charge in [-0.3, -0.25) is 14.3 Å². The molecular formula is C23H23ClN4O4S. The number of nitrogens with one attached hydrogen (secondary N) is 1. The van der Waals surface area contributed by atoms with Gasteiger partial charge in [0.2, 0.25) is 0 Å². The van der Waals surface area contributed by atoms with Crippen molar-refractivity contribution in [3.05, 3.63) is 85.5 Å². The molecular weight excluding hydrogens is 464 g/mol. The molecule has 8 nitrogen and oxygen atoms in total. The Bertz CT molecular complexity index is 1390. The van der Waals surface area contributed by atoms with Crippen LogP contribution in [0.4, 0.5) is 0 Å². The minimum Gasteiger partial charge on any atom is -0.491 e. The molecule has 2 aromatic heterocycles. The normalized spacial score (nSPS) is 12.2. The Morgan fingerprint density at radius 1 is 1.18 bits per heavy atom. The lowest BCUT2D eigenvalue weighted by Crippen LogP contribution is -2.30. The summed E-state index contributed by atoms with van der Waals surface area (Å²) in [6.45, 7) is 2.04. The first-order valence-corrected chi connectivity index (χ1v) is 11.6. The number of para-hydroxylation sites is 1. The molecule has 33 heavy (non-hydrogen) atoms. The molecule has 2 N–H and O–H groups in total. The van der Waals surface area contributed by atoms with Gasteiger partial charge in [0.15, 0.2) is 16.3 Å². The number of fused-ring (bicyclic) bond motifs is 1. The van der Waals surface area contributed by atoms with Gasteiger partial charge in [-0.15, -0.1) is 0 Å². The minimum atomic E-state index is -0.909. The Morgan fingerprint density at radius 2 is 1.91 bits per heavy atom. The summed E-state index contributed by atoms with van der Waals surface area (Å²) in [6.07, 6.45) is -0.909. The molecule has 1 atom stereocenters. The zero-order valence-corrected chi connectivity index (χ0v) is 19.7. The van der Waals surface area contributed by atoms with Crippen molar-refractivity contribution in [1.82, 2.24) is 19.1 Å². The standard InChI is InChI=1S/C23H23ClN4O4S/c1-14-5-3-4-6-18(14)32-12-17(29)11-28-19-20(27(2)22(31)26-21(19)30)25-23(28)33-13-15-7-9-16(24)10-8-15/h3-10,17,29H,11-13H2,1-2H3,(H,26,30,31)/t17-/m0/s1. The highest BCUT2D eigenvalue weighted by molar-refractivity contribution is 7.98. The van der Waals surface area contributed by atoms with Crippen LogP contribution in [0.3, 0.4) is 0 Å². The molecule has 0 aliphatic rings.